The van der Waals surface area contributed by atoms with E-state index in [1.54, 1.807) is 18.2 Å². The van der Waals surface area contributed by atoms with E-state index in [0.29, 0.717) is 10.1 Å². The van der Waals surface area contributed by atoms with Crippen molar-refractivity contribution in [2.45, 2.75) is 13.2 Å². The number of fused-ring (bicyclic) bond motifs is 1. The molecule has 26 heavy (non-hydrogen) atoms. The van der Waals surface area contributed by atoms with Crippen molar-refractivity contribution >= 4 is 34.3 Å². The van der Waals surface area contributed by atoms with Crippen LogP contribution in [0, 0.1) is 10.1 Å². The minimum atomic E-state index is -2.89. The van der Waals surface area contributed by atoms with Crippen LogP contribution in [0.3, 0.4) is 0 Å². The Kier molecular flexibility index (Phi) is 4.81. The number of esters is 1. The number of carbonyl (C=O) groups excluding carboxylic acids is 1. The molecule has 0 aliphatic carbocycles. The number of nitrogens with zero attached hydrogens (tertiary/aromatic N) is 3. The molecule has 2 aromatic carbocycles. The van der Waals surface area contributed by atoms with Crippen molar-refractivity contribution in [3.63, 3.8) is 0 Å². The van der Waals surface area contributed by atoms with Gasteiger partial charge in [0.2, 0.25) is 0 Å². The molecule has 7 nitrogen and oxygen atoms in total. The molecule has 0 atom stereocenters. The lowest BCUT2D eigenvalue weighted by molar-refractivity contribution is -0.385. The first-order valence-electron chi connectivity index (χ1n) is 7.23. The van der Waals surface area contributed by atoms with E-state index in [0.717, 1.165) is 12.1 Å². The third-order valence-electron chi connectivity index (χ3n) is 3.57. The number of hydrogen-bond acceptors (Lipinski definition) is 5. The van der Waals surface area contributed by atoms with E-state index in [9.17, 15) is 23.7 Å². The summed E-state index contributed by atoms with van der Waals surface area (Å²) in [7, 11) is 0. The molecule has 0 N–H and O–H groups in total. The highest BCUT2D eigenvalue weighted by atomic mass is 35.5. The summed E-state index contributed by atoms with van der Waals surface area (Å²) in [5, 5.41) is 11.1. The number of ether oxygens (including phenoxy) is 1. The molecule has 0 unspecified atom stereocenters. The Morgan fingerprint density at radius 3 is 2.73 bits per heavy atom. The lowest BCUT2D eigenvalue weighted by atomic mass is 10.2. The molecule has 3 rings (SSSR count). The van der Waals surface area contributed by atoms with Crippen LogP contribution in [0.15, 0.2) is 42.5 Å². The molecule has 0 saturated carbocycles. The van der Waals surface area contributed by atoms with Crippen molar-refractivity contribution in [2.75, 3.05) is 0 Å². The standard InChI is InChI=1S/C16H10ClF2N3O4/c17-9-5-6-10(13(7-9)22(24)25)15(23)26-8-14-20-11-3-1-2-4-12(11)21(14)16(18)19/h1-7,16H,8H2. The largest absolute Gasteiger partial charge is 0.454 e. The van der Waals surface area contributed by atoms with Gasteiger partial charge in [-0.15, -0.1) is 0 Å². The number of carbonyl (C=O) groups is 1. The van der Waals surface area contributed by atoms with Crippen LogP contribution >= 0.6 is 11.6 Å². The summed E-state index contributed by atoms with van der Waals surface area (Å²) in [5.41, 5.74) is -0.369. The first-order chi connectivity index (χ1) is 12.4. The van der Waals surface area contributed by atoms with Crippen LogP contribution in [0.5, 0.6) is 0 Å². The SMILES string of the molecule is O=C(OCc1nc2ccccc2n1C(F)F)c1ccc(Cl)cc1[N+](=O)[O-]. The zero-order valence-corrected chi connectivity index (χ0v) is 13.7. The third-order valence-corrected chi connectivity index (χ3v) is 3.81. The zero-order chi connectivity index (χ0) is 18.8. The summed E-state index contributed by atoms with van der Waals surface area (Å²) in [5.74, 6) is -1.22. The van der Waals surface area contributed by atoms with Gasteiger partial charge in [-0.25, -0.2) is 9.78 Å². The predicted octanol–water partition coefficient (Wildman–Crippen LogP) is 4.35. The molecule has 0 aliphatic heterocycles. The van der Waals surface area contributed by atoms with E-state index in [1.807, 2.05) is 0 Å². The van der Waals surface area contributed by atoms with E-state index < -0.39 is 29.7 Å². The Bertz CT molecular complexity index is 1010. The monoisotopic (exact) mass is 381 g/mol. The summed E-state index contributed by atoms with van der Waals surface area (Å²) in [6.07, 6.45) is 0. The summed E-state index contributed by atoms with van der Waals surface area (Å²) in [4.78, 5) is 26.4. The van der Waals surface area contributed by atoms with Gasteiger partial charge in [0.25, 0.3) is 5.69 Å². The third kappa shape index (κ3) is 3.33. The Morgan fingerprint density at radius 1 is 1.31 bits per heavy atom. The molecule has 0 bridgehead atoms. The Labute approximate surface area is 149 Å². The van der Waals surface area contributed by atoms with Crippen molar-refractivity contribution in [3.8, 4) is 0 Å². The number of benzene rings is 2. The molecule has 0 radical (unpaired) electrons. The highest BCUT2D eigenvalue weighted by Gasteiger charge is 2.24. The normalized spacial score (nSPS) is 11.1. The van der Waals surface area contributed by atoms with Crippen LogP contribution in [-0.4, -0.2) is 20.4 Å². The number of imidazole rings is 1. The molecule has 10 heteroatoms. The minimum absolute atomic E-state index is 0.0766. The molecule has 1 heterocycles. The zero-order valence-electron chi connectivity index (χ0n) is 12.9. The van der Waals surface area contributed by atoms with E-state index in [1.165, 1.54) is 12.1 Å². The number of para-hydroxylation sites is 2. The van der Waals surface area contributed by atoms with Crippen LogP contribution in [-0.2, 0) is 11.3 Å². The van der Waals surface area contributed by atoms with E-state index in [4.69, 9.17) is 16.3 Å². The summed E-state index contributed by atoms with van der Waals surface area (Å²) < 4.78 is 32.3. The first kappa shape index (κ1) is 17.7. The number of alkyl halides is 2. The number of nitro groups is 1. The lowest BCUT2D eigenvalue weighted by Gasteiger charge is -2.09. The maximum atomic E-state index is 13.3. The number of aromatic nitrogens is 2. The lowest BCUT2D eigenvalue weighted by Crippen LogP contribution is -2.12. The summed E-state index contributed by atoms with van der Waals surface area (Å²) >= 11 is 5.69. The smallest absolute Gasteiger partial charge is 0.345 e. The van der Waals surface area contributed by atoms with Gasteiger partial charge >= 0.3 is 12.5 Å². The molecule has 3 aromatic rings. The molecule has 0 amide bonds. The van der Waals surface area contributed by atoms with Crippen LogP contribution < -0.4 is 0 Å². The van der Waals surface area contributed by atoms with Crippen LogP contribution in [0.1, 0.15) is 22.7 Å². The number of nitro benzene ring substituents is 1. The molecule has 134 valence electrons. The second-order valence-corrected chi connectivity index (χ2v) is 5.60. The highest BCUT2D eigenvalue weighted by molar-refractivity contribution is 6.31. The van der Waals surface area contributed by atoms with Crippen molar-refractivity contribution in [1.29, 1.82) is 0 Å². The van der Waals surface area contributed by atoms with E-state index in [-0.39, 0.29) is 21.9 Å². The maximum absolute atomic E-state index is 13.3. The topological polar surface area (TPSA) is 87.3 Å². The average molecular weight is 382 g/mol. The van der Waals surface area contributed by atoms with Gasteiger partial charge < -0.3 is 4.74 Å². The quantitative estimate of drug-likeness (QED) is 0.372. The van der Waals surface area contributed by atoms with Crippen molar-refractivity contribution in [1.82, 2.24) is 9.55 Å². The number of halogens is 3. The van der Waals surface area contributed by atoms with Gasteiger partial charge in [-0.2, -0.15) is 8.78 Å². The molecular formula is C16H10ClF2N3O4. The summed E-state index contributed by atoms with van der Waals surface area (Å²) in [6.45, 7) is -3.46. The van der Waals surface area contributed by atoms with Crippen LogP contribution in [0.25, 0.3) is 11.0 Å². The van der Waals surface area contributed by atoms with Gasteiger partial charge in [0.1, 0.15) is 12.2 Å². The fraction of sp³-hybridized carbons (Fsp3) is 0.125. The van der Waals surface area contributed by atoms with Crippen LogP contribution in [0.4, 0.5) is 14.5 Å². The van der Waals surface area contributed by atoms with Gasteiger partial charge in [-0.3, -0.25) is 14.7 Å². The Hall–Kier alpha value is -3.07. The van der Waals surface area contributed by atoms with Crippen LogP contribution in [0.2, 0.25) is 5.02 Å². The highest BCUT2D eigenvalue weighted by Crippen LogP contribution is 2.26. The Morgan fingerprint density at radius 2 is 2.04 bits per heavy atom. The van der Waals surface area contributed by atoms with Crippen molar-refractivity contribution in [3.05, 3.63) is 69.0 Å². The van der Waals surface area contributed by atoms with Gasteiger partial charge in [0.05, 0.1) is 16.0 Å². The Balaban J connectivity index is 1.88. The fourth-order valence-corrected chi connectivity index (χ4v) is 2.62. The molecule has 0 spiro atoms. The van der Waals surface area contributed by atoms with Gasteiger partial charge in [0.15, 0.2) is 5.82 Å². The van der Waals surface area contributed by atoms with E-state index in [2.05, 4.69) is 4.98 Å². The summed E-state index contributed by atoms with van der Waals surface area (Å²) in [6, 6.07) is 9.66. The number of rotatable bonds is 5. The first-order valence-corrected chi connectivity index (χ1v) is 7.61. The molecule has 1 aromatic heterocycles. The second kappa shape index (κ2) is 7.04. The van der Waals surface area contributed by atoms with Gasteiger partial charge in [-0.1, -0.05) is 23.7 Å². The minimum Gasteiger partial charge on any atom is -0.454 e. The molecule has 0 aliphatic rings. The van der Waals surface area contributed by atoms with E-state index >= 15 is 0 Å². The second-order valence-electron chi connectivity index (χ2n) is 5.16. The molecule has 0 fully saturated rings. The van der Waals surface area contributed by atoms with Crippen molar-refractivity contribution in [2.24, 2.45) is 0 Å². The average Bonchev–Trinajstić information content (AvgIpc) is 2.98. The molecular weight excluding hydrogens is 372 g/mol. The fourth-order valence-electron chi connectivity index (χ4n) is 2.45. The van der Waals surface area contributed by atoms with Crippen molar-refractivity contribution < 1.29 is 23.2 Å². The van der Waals surface area contributed by atoms with Gasteiger partial charge in [-0.05, 0) is 24.3 Å². The predicted molar refractivity (Wildman–Crippen MR) is 88.2 cm³/mol. The van der Waals surface area contributed by atoms with Gasteiger partial charge in [0, 0.05) is 11.1 Å². The number of hydrogen-bond donors (Lipinski definition) is 0. The maximum Gasteiger partial charge on any atom is 0.345 e. The molecule has 0 saturated heterocycles.